The van der Waals surface area contributed by atoms with Crippen molar-refractivity contribution in [1.82, 2.24) is 4.90 Å². The van der Waals surface area contributed by atoms with Gasteiger partial charge in [-0.15, -0.1) is 12.4 Å². The van der Waals surface area contributed by atoms with Crippen LogP contribution in [0.5, 0.6) is 0 Å². The molecule has 5 heteroatoms. The lowest BCUT2D eigenvalue weighted by atomic mass is 10.0. The van der Waals surface area contributed by atoms with Crippen LogP contribution in [0.3, 0.4) is 0 Å². The third-order valence-electron chi connectivity index (χ3n) is 1.68. The average molecular weight is 227 g/mol. The molecule has 0 amide bonds. The molecule has 0 rings (SSSR count). The molecule has 0 atom stereocenters. The van der Waals surface area contributed by atoms with Gasteiger partial charge in [-0.2, -0.15) is 0 Å². The normalized spacial score (nSPS) is 10.5. The summed E-state index contributed by atoms with van der Waals surface area (Å²) < 4.78 is 0. The van der Waals surface area contributed by atoms with Crippen molar-refractivity contribution in [3.8, 4) is 0 Å². The van der Waals surface area contributed by atoms with Gasteiger partial charge in [0.05, 0.1) is 0 Å². The van der Waals surface area contributed by atoms with Gasteiger partial charge >= 0.3 is 0 Å². The zero-order valence-electron chi connectivity index (χ0n) is 8.41. The third kappa shape index (κ3) is 8.28. The largest absolute Gasteiger partial charge is 0.487 e. The van der Waals surface area contributed by atoms with Crippen molar-refractivity contribution < 1.29 is 5.11 Å². The lowest BCUT2D eigenvalue weighted by Gasteiger charge is -2.25. The van der Waals surface area contributed by atoms with Gasteiger partial charge in [0.2, 0.25) is 0 Å². The molecule has 3 N–H and O–H groups in total. The van der Waals surface area contributed by atoms with E-state index in [4.69, 9.17) is 10.8 Å². The Morgan fingerprint density at radius 3 is 2.23 bits per heavy atom. The van der Waals surface area contributed by atoms with Gasteiger partial charge in [-0.25, -0.2) is 0 Å². The van der Waals surface area contributed by atoms with E-state index in [1.165, 1.54) is 0 Å². The summed E-state index contributed by atoms with van der Waals surface area (Å²) in [6, 6.07) is 0. The van der Waals surface area contributed by atoms with Crippen LogP contribution < -0.4 is 5.73 Å². The molecule has 0 aliphatic rings. The molecule has 0 saturated heterocycles. The van der Waals surface area contributed by atoms with Gasteiger partial charge in [0.15, 0.2) is 0 Å². The highest BCUT2D eigenvalue weighted by Gasteiger charge is 2.13. The predicted octanol–water partition coefficient (Wildman–Crippen LogP) is 1.70. The first-order valence-corrected chi connectivity index (χ1v) is 4.54. The first kappa shape index (κ1) is 15.4. The monoisotopic (exact) mass is 226 g/mol. The standard InChI is InChI=1S/C8H18N2OS.ClH/c1-4-10(7(11)12)6-5-8(2,3)9;/h4-6,9H2,1-3H3,(H,11,12);1H. The van der Waals surface area contributed by atoms with E-state index in [0.29, 0.717) is 0 Å². The minimum Gasteiger partial charge on any atom is -0.487 e. The first-order chi connectivity index (χ1) is 5.37. The van der Waals surface area contributed by atoms with Gasteiger partial charge in [0.1, 0.15) is 0 Å². The maximum atomic E-state index is 9.03. The molecule has 0 aromatic carbocycles. The summed E-state index contributed by atoms with van der Waals surface area (Å²) in [4.78, 5) is 1.73. The fourth-order valence-electron chi connectivity index (χ4n) is 0.812. The van der Waals surface area contributed by atoms with Crippen molar-refractivity contribution in [2.45, 2.75) is 32.7 Å². The molecule has 0 fully saturated rings. The highest BCUT2D eigenvalue weighted by molar-refractivity contribution is 7.79. The number of nitrogens with zero attached hydrogens (tertiary/aromatic N) is 1. The molecule has 0 aromatic rings. The Morgan fingerprint density at radius 1 is 1.54 bits per heavy atom. The van der Waals surface area contributed by atoms with Crippen molar-refractivity contribution in [3.63, 3.8) is 0 Å². The van der Waals surface area contributed by atoms with Crippen LogP contribution in [-0.2, 0) is 0 Å². The van der Waals surface area contributed by atoms with Crippen LogP contribution in [0, 0.1) is 0 Å². The lowest BCUT2D eigenvalue weighted by molar-refractivity contribution is 0.320. The predicted molar refractivity (Wildman–Crippen MR) is 62.6 cm³/mol. The molecule has 80 valence electrons. The summed E-state index contributed by atoms with van der Waals surface area (Å²) >= 11 is 4.65. The highest BCUT2D eigenvalue weighted by Crippen LogP contribution is 2.05. The minimum atomic E-state index is -0.196. The maximum absolute atomic E-state index is 9.03. The van der Waals surface area contributed by atoms with E-state index in [2.05, 4.69) is 12.2 Å². The Morgan fingerprint density at radius 2 is 2.00 bits per heavy atom. The number of hydrogen-bond donors (Lipinski definition) is 2. The van der Waals surface area contributed by atoms with E-state index in [9.17, 15) is 0 Å². The molecule has 0 aliphatic heterocycles. The van der Waals surface area contributed by atoms with Gasteiger partial charge in [-0.3, -0.25) is 0 Å². The fourth-order valence-corrected chi connectivity index (χ4v) is 1.03. The van der Waals surface area contributed by atoms with Gasteiger partial charge in [0.25, 0.3) is 5.17 Å². The number of hydrogen-bond acceptors (Lipinski definition) is 2. The maximum Gasteiger partial charge on any atom is 0.256 e. The van der Waals surface area contributed by atoms with Crippen molar-refractivity contribution in [2.24, 2.45) is 5.73 Å². The molecule has 0 radical (unpaired) electrons. The Kier molecular flexibility index (Phi) is 7.59. The molecule has 0 bridgehead atoms. The van der Waals surface area contributed by atoms with Crippen molar-refractivity contribution >= 4 is 29.8 Å². The summed E-state index contributed by atoms with van der Waals surface area (Å²) in [5.74, 6) is 0. The molecule has 0 aromatic heterocycles. The van der Waals surface area contributed by atoms with Crippen LogP contribution >= 0.6 is 24.6 Å². The zero-order valence-corrected chi connectivity index (χ0v) is 10.0. The molecule has 13 heavy (non-hydrogen) atoms. The van der Waals surface area contributed by atoms with Crippen LogP contribution in [0.2, 0.25) is 0 Å². The van der Waals surface area contributed by atoms with Gasteiger partial charge in [0, 0.05) is 18.6 Å². The second-order valence-corrected chi connectivity index (χ2v) is 3.97. The second-order valence-electron chi connectivity index (χ2n) is 3.60. The SMILES string of the molecule is CCN(CCC(C)(C)N)C(O)=S.Cl. The molecule has 0 saturated carbocycles. The Balaban J connectivity index is 0. The first-order valence-electron chi connectivity index (χ1n) is 4.13. The van der Waals surface area contributed by atoms with E-state index in [1.54, 1.807) is 4.90 Å². The third-order valence-corrected chi connectivity index (χ3v) is 1.94. The summed E-state index contributed by atoms with van der Waals surface area (Å²) in [7, 11) is 0. The molecule has 0 aliphatic carbocycles. The minimum absolute atomic E-state index is 0. The van der Waals surface area contributed by atoms with Crippen LogP contribution in [0.4, 0.5) is 0 Å². The van der Waals surface area contributed by atoms with Gasteiger partial charge in [-0.1, -0.05) is 0 Å². The summed E-state index contributed by atoms with van der Waals surface area (Å²) in [5.41, 5.74) is 5.59. The van der Waals surface area contributed by atoms with E-state index < -0.39 is 0 Å². The molecule has 3 nitrogen and oxygen atoms in total. The van der Waals surface area contributed by atoms with Crippen LogP contribution in [0.1, 0.15) is 27.2 Å². The van der Waals surface area contributed by atoms with Crippen LogP contribution in [0.25, 0.3) is 0 Å². The number of rotatable bonds is 4. The molecular formula is C8H19ClN2OS. The van der Waals surface area contributed by atoms with Gasteiger partial charge in [-0.05, 0) is 39.4 Å². The van der Waals surface area contributed by atoms with Crippen molar-refractivity contribution in [1.29, 1.82) is 0 Å². The van der Waals surface area contributed by atoms with Gasteiger partial charge < -0.3 is 15.7 Å². The van der Waals surface area contributed by atoms with Crippen LogP contribution in [-0.4, -0.2) is 33.8 Å². The Labute approximate surface area is 91.7 Å². The lowest BCUT2D eigenvalue weighted by Crippen LogP contribution is -2.39. The number of halogens is 1. The second kappa shape index (κ2) is 6.40. The van der Waals surface area contributed by atoms with Crippen molar-refractivity contribution in [3.05, 3.63) is 0 Å². The fraction of sp³-hybridized carbons (Fsp3) is 0.875. The molecular weight excluding hydrogens is 208 g/mol. The number of thiocarbonyl (C=S) groups is 1. The van der Waals surface area contributed by atoms with Crippen molar-refractivity contribution in [2.75, 3.05) is 13.1 Å². The summed E-state index contributed by atoms with van der Waals surface area (Å²) in [6.07, 6.45) is 0.821. The summed E-state index contributed by atoms with van der Waals surface area (Å²) in [6.45, 7) is 7.31. The summed E-state index contributed by atoms with van der Waals surface area (Å²) in [5, 5.41) is 8.99. The molecule has 0 heterocycles. The Hall–Kier alpha value is -0.0600. The van der Waals surface area contributed by atoms with E-state index >= 15 is 0 Å². The Bertz CT molecular complexity index is 159. The van der Waals surface area contributed by atoms with Crippen LogP contribution in [0.15, 0.2) is 0 Å². The topological polar surface area (TPSA) is 49.5 Å². The molecule has 0 spiro atoms. The molecule has 0 unspecified atom stereocenters. The quantitative estimate of drug-likeness (QED) is 0.717. The number of aliphatic hydroxyl groups is 1. The number of aliphatic hydroxyl groups excluding tert-OH is 1. The number of nitrogens with two attached hydrogens (primary N) is 1. The van der Waals surface area contributed by atoms with E-state index in [-0.39, 0.29) is 23.1 Å². The van der Waals surface area contributed by atoms with E-state index in [1.807, 2.05) is 20.8 Å². The average Bonchev–Trinajstić information content (AvgIpc) is 1.85. The highest BCUT2D eigenvalue weighted by atomic mass is 35.5. The zero-order chi connectivity index (χ0) is 9.78. The smallest absolute Gasteiger partial charge is 0.256 e. The van der Waals surface area contributed by atoms with E-state index in [0.717, 1.165) is 19.5 Å².